The molecule has 2 N–H and O–H groups in total. The fraction of sp³-hybridized carbons (Fsp3) is 0.611. The maximum Gasteiger partial charge on any atom is 0.244 e. The molecule has 2 aromatic heterocycles. The molecule has 2 heterocycles. The van der Waals surface area contributed by atoms with Crippen LogP contribution in [0.1, 0.15) is 59.9 Å². The highest BCUT2D eigenvalue weighted by atomic mass is 32.2. The van der Waals surface area contributed by atoms with Gasteiger partial charge in [-0.05, 0) is 45.7 Å². The van der Waals surface area contributed by atoms with Crippen LogP contribution in [0.2, 0.25) is 0 Å². The number of nitrogens with zero attached hydrogens (tertiary/aromatic N) is 2. The number of hydrogen-bond acceptors (Lipinski definition) is 5. The molecule has 0 aromatic carbocycles. The van der Waals surface area contributed by atoms with E-state index >= 15 is 0 Å². The lowest BCUT2D eigenvalue weighted by molar-refractivity contribution is 0.203. The van der Waals surface area contributed by atoms with Gasteiger partial charge in [0.05, 0.1) is 17.5 Å². The van der Waals surface area contributed by atoms with Gasteiger partial charge in [-0.3, -0.25) is 4.68 Å². The van der Waals surface area contributed by atoms with E-state index in [2.05, 4.69) is 9.82 Å². The molecule has 2 aromatic rings. The van der Waals surface area contributed by atoms with Crippen molar-refractivity contribution >= 4 is 21.4 Å². The van der Waals surface area contributed by atoms with Crippen molar-refractivity contribution in [1.29, 1.82) is 0 Å². The van der Waals surface area contributed by atoms with Crippen molar-refractivity contribution in [3.05, 3.63) is 33.3 Å². The van der Waals surface area contributed by atoms with Crippen LogP contribution in [0.25, 0.3) is 0 Å². The van der Waals surface area contributed by atoms with Crippen molar-refractivity contribution in [2.45, 2.75) is 62.9 Å². The Balaban J connectivity index is 1.87. The molecule has 0 radical (unpaired) electrons. The SMILES string of the molecule is Cc1nn(C)c(C)c1S(=O)(=O)NCC1(c2ccc([C@@H](C)O)s2)CCCC1. The number of thiophene rings is 1. The van der Waals surface area contributed by atoms with E-state index in [0.29, 0.717) is 17.9 Å². The van der Waals surface area contributed by atoms with Crippen LogP contribution in [0, 0.1) is 13.8 Å². The van der Waals surface area contributed by atoms with Crippen LogP contribution in [0.5, 0.6) is 0 Å². The Morgan fingerprint density at radius 2 is 2.00 bits per heavy atom. The molecular weight excluding hydrogens is 370 g/mol. The lowest BCUT2D eigenvalue weighted by Gasteiger charge is -2.28. The normalized spacial score (nSPS) is 18.3. The van der Waals surface area contributed by atoms with E-state index in [9.17, 15) is 13.5 Å². The highest BCUT2D eigenvalue weighted by Crippen LogP contribution is 2.44. The van der Waals surface area contributed by atoms with Crippen molar-refractivity contribution in [2.75, 3.05) is 6.54 Å². The molecule has 144 valence electrons. The summed E-state index contributed by atoms with van der Waals surface area (Å²) in [5, 5.41) is 14.1. The third-order valence-electron chi connectivity index (χ3n) is 5.43. The quantitative estimate of drug-likeness (QED) is 0.785. The highest BCUT2D eigenvalue weighted by molar-refractivity contribution is 7.89. The lowest BCUT2D eigenvalue weighted by atomic mass is 9.85. The van der Waals surface area contributed by atoms with Crippen molar-refractivity contribution < 1.29 is 13.5 Å². The minimum absolute atomic E-state index is 0.186. The number of nitrogens with one attached hydrogen (secondary N) is 1. The van der Waals surface area contributed by atoms with E-state index in [1.54, 1.807) is 43.8 Å². The molecule has 0 amide bonds. The maximum atomic E-state index is 12.9. The summed E-state index contributed by atoms with van der Waals surface area (Å²) in [5.41, 5.74) is 0.975. The number of hydrogen-bond donors (Lipinski definition) is 2. The van der Waals surface area contributed by atoms with Gasteiger partial charge in [-0.2, -0.15) is 5.10 Å². The zero-order chi connectivity index (χ0) is 19.1. The first-order valence-electron chi connectivity index (χ1n) is 8.94. The molecule has 0 saturated heterocycles. The number of aliphatic hydroxyl groups excluding tert-OH is 1. The number of aryl methyl sites for hydroxylation is 2. The predicted octanol–water partition coefficient (Wildman–Crippen LogP) is 2.94. The largest absolute Gasteiger partial charge is 0.388 e. The first-order valence-corrected chi connectivity index (χ1v) is 11.2. The number of sulfonamides is 1. The van der Waals surface area contributed by atoms with Crippen LogP contribution in [-0.2, 0) is 22.5 Å². The van der Waals surface area contributed by atoms with Crippen molar-refractivity contribution in [3.8, 4) is 0 Å². The zero-order valence-electron chi connectivity index (χ0n) is 15.7. The summed E-state index contributed by atoms with van der Waals surface area (Å²) in [6.07, 6.45) is 3.61. The van der Waals surface area contributed by atoms with Crippen LogP contribution in [0.3, 0.4) is 0 Å². The molecule has 6 nitrogen and oxygen atoms in total. The Labute approximate surface area is 159 Å². The van der Waals surface area contributed by atoms with E-state index in [1.165, 1.54) is 0 Å². The second-order valence-electron chi connectivity index (χ2n) is 7.31. The van der Waals surface area contributed by atoms with Gasteiger partial charge in [0.15, 0.2) is 0 Å². The summed E-state index contributed by atoms with van der Waals surface area (Å²) in [7, 11) is -1.87. The first-order chi connectivity index (χ1) is 12.2. The second kappa shape index (κ2) is 7.07. The summed E-state index contributed by atoms with van der Waals surface area (Å²) < 4.78 is 30.3. The Kier molecular flexibility index (Phi) is 5.31. The minimum Gasteiger partial charge on any atom is -0.388 e. The Bertz CT molecular complexity index is 891. The van der Waals surface area contributed by atoms with E-state index < -0.39 is 16.1 Å². The monoisotopic (exact) mass is 397 g/mol. The summed E-state index contributed by atoms with van der Waals surface area (Å²) in [6, 6.07) is 4.00. The average Bonchev–Trinajstić information content (AvgIpc) is 3.26. The van der Waals surface area contributed by atoms with Crippen molar-refractivity contribution in [1.82, 2.24) is 14.5 Å². The summed E-state index contributed by atoms with van der Waals surface area (Å²) in [4.78, 5) is 2.37. The van der Waals surface area contributed by atoms with Gasteiger partial charge in [-0.25, -0.2) is 13.1 Å². The summed E-state index contributed by atoms with van der Waals surface area (Å²) in [5.74, 6) is 0. The molecule has 1 aliphatic rings. The molecule has 3 rings (SSSR count). The third-order valence-corrected chi connectivity index (χ3v) is 8.59. The van der Waals surface area contributed by atoms with Gasteiger partial charge in [0.25, 0.3) is 0 Å². The smallest absolute Gasteiger partial charge is 0.244 e. The summed E-state index contributed by atoms with van der Waals surface area (Å²) in [6.45, 7) is 5.63. The zero-order valence-corrected chi connectivity index (χ0v) is 17.4. The summed E-state index contributed by atoms with van der Waals surface area (Å²) >= 11 is 1.59. The standard InChI is InChI=1S/C18H27N3O3S2/c1-12-17(13(2)21(4)20-12)26(23,24)19-11-18(9-5-6-10-18)16-8-7-15(25-16)14(3)22/h7-8,14,19,22H,5-6,9-11H2,1-4H3/t14-/m1/s1. The highest BCUT2D eigenvalue weighted by Gasteiger charge is 2.38. The maximum absolute atomic E-state index is 12.9. The molecule has 0 spiro atoms. The Morgan fingerprint density at radius 1 is 1.35 bits per heavy atom. The van der Waals surface area contributed by atoms with Gasteiger partial charge in [0.1, 0.15) is 4.90 Å². The molecule has 8 heteroatoms. The molecule has 0 aliphatic heterocycles. The molecule has 0 unspecified atom stereocenters. The van der Waals surface area contributed by atoms with Crippen LogP contribution in [-0.4, -0.2) is 29.8 Å². The molecular formula is C18H27N3O3S2. The third kappa shape index (κ3) is 3.47. The molecule has 1 saturated carbocycles. The van der Waals surface area contributed by atoms with E-state index in [-0.39, 0.29) is 10.3 Å². The average molecular weight is 398 g/mol. The van der Waals surface area contributed by atoms with Gasteiger partial charge in [-0.15, -0.1) is 11.3 Å². The fourth-order valence-electron chi connectivity index (χ4n) is 3.87. The predicted molar refractivity (Wildman–Crippen MR) is 103 cm³/mol. The lowest BCUT2D eigenvalue weighted by Crippen LogP contribution is -2.38. The van der Waals surface area contributed by atoms with E-state index in [4.69, 9.17) is 0 Å². The molecule has 1 aliphatic carbocycles. The van der Waals surface area contributed by atoms with Crippen molar-refractivity contribution in [3.63, 3.8) is 0 Å². The fourth-order valence-corrected chi connectivity index (χ4v) is 6.62. The van der Waals surface area contributed by atoms with Crippen LogP contribution in [0.15, 0.2) is 17.0 Å². The van der Waals surface area contributed by atoms with Gasteiger partial charge in [0, 0.05) is 28.8 Å². The molecule has 26 heavy (non-hydrogen) atoms. The van der Waals surface area contributed by atoms with Crippen LogP contribution >= 0.6 is 11.3 Å². The van der Waals surface area contributed by atoms with Crippen LogP contribution in [0.4, 0.5) is 0 Å². The molecule has 1 fully saturated rings. The van der Waals surface area contributed by atoms with Gasteiger partial charge < -0.3 is 5.11 Å². The van der Waals surface area contributed by atoms with Gasteiger partial charge in [0.2, 0.25) is 10.0 Å². The second-order valence-corrected chi connectivity index (χ2v) is 10.1. The minimum atomic E-state index is -3.62. The topological polar surface area (TPSA) is 84.2 Å². The van der Waals surface area contributed by atoms with E-state index in [0.717, 1.165) is 35.4 Å². The number of rotatable bonds is 6. The number of aromatic nitrogens is 2. The van der Waals surface area contributed by atoms with Crippen LogP contribution < -0.4 is 4.72 Å². The molecule has 0 bridgehead atoms. The number of aliphatic hydroxyl groups is 1. The van der Waals surface area contributed by atoms with Gasteiger partial charge >= 0.3 is 0 Å². The van der Waals surface area contributed by atoms with Crippen molar-refractivity contribution in [2.24, 2.45) is 7.05 Å². The Morgan fingerprint density at radius 3 is 2.50 bits per heavy atom. The van der Waals surface area contributed by atoms with Gasteiger partial charge in [-0.1, -0.05) is 12.8 Å². The van der Waals surface area contributed by atoms with E-state index in [1.807, 2.05) is 12.1 Å². The molecule has 1 atom stereocenters. The first kappa shape index (κ1) is 19.5. The Hall–Kier alpha value is -1.22.